The van der Waals surface area contributed by atoms with Gasteiger partial charge in [0.15, 0.2) is 0 Å². The van der Waals surface area contributed by atoms with Crippen LogP contribution in [0.5, 0.6) is 0 Å². The van der Waals surface area contributed by atoms with E-state index in [2.05, 4.69) is 146 Å². The van der Waals surface area contributed by atoms with Gasteiger partial charge in [0.25, 0.3) is 23.6 Å². The first-order valence-corrected chi connectivity index (χ1v) is 24.6. The van der Waals surface area contributed by atoms with Crippen LogP contribution in [0.4, 0.5) is 34.3 Å². The molecule has 8 rings (SSSR count). The smallest absolute Gasteiger partial charge is 0.418 e. The number of rotatable bonds is 16. The molecular formula is C59H59BF4N4O4. The van der Waals surface area contributed by atoms with Crippen molar-refractivity contribution >= 4 is 64.8 Å². The van der Waals surface area contributed by atoms with E-state index >= 15 is 0 Å². The van der Waals surface area contributed by atoms with Gasteiger partial charge in [0.05, 0.1) is 22.3 Å². The molecule has 4 amide bonds. The number of allylic oxidation sites excluding steroid dienone is 9. The average molecular weight is 975 g/mol. The lowest BCUT2D eigenvalue weighted by Crippen LogP contribution is -2.24. The number of carbonyl (C=O) groups is 4. The van der Waals surface area contributed by atoms with Gasteiger partial charge in [-0.25, -0.2) is 0 Å². The molecule has 370 valence electrons. The highest BCUT2D eigenvalue weighted by Crippen LogP contribution is 2.38. The normalized spacial score (nSPS) is 14.3. The highest BCUT2D eigenvalue weighted by molar-refractivity contribution is 6.50. The third-order valence-corrected chi connectivity index (χ3v) is 13.1. The molecule has 0 spiro atoms. The van der Waals surface area contributed by atoms with E-state index in [1.807, 2.05) is 30.3 Å². The van der Waals surface area contributed by atoms with Gasteiger partial charge in [-0.3, -0.25) is 29.0 Å². The summed E-state index contributed by atoms with van der Waals surface area (Å²) in [6.45, 7) is 9.91. The van der Waals surface area contributed by atoms with Crippen LogP contribution in [0.2, 0.25) is 0 Å². The summed E-state index contributed by atoms with van der Waals surface area (Å²) >= 11 is 0. The van der Waals surface area contributed by atoms with Crippen LogP contribution in [0.1, 0.15) is 123 Å². The first kappa shape index (κ1) is 52.2. The summed E-state index contributed by atoms with van der Waals surface area (Å²) < 4.78 is 41.1. The molecule has 3 aliphatic rings. The fraction of sp³-hybridized carbons (Fsp3) is 0.237. The Hall–Kier alpha value is -7.67. The van der Waals surface area contributed by atoms with E-state index in [0.29, 0.717) is 35.3 Å². The highest BCUT2D eigenvalue weighted by atomic mass is 19.5. The van der Waals surface area contributed by atoms with Crippen molar-refractivity contribution in [2.45, 2.75) is 66.2 Å². The number of halogens is 4. The summed E-state index contributed by atoms with van der Waals surface area (Å²) in [5.41, 5.74) is 14.4. The maximum absolute atomic E-state index is 13.1. The molecule has 1 aliphatic carbocycles. The van der Waals surface area contributed by atoms with E-state index in [1.54, 1.807) is 12.1 Å². The number of para-hydroxylation sites is 1. The second-order valence-corrected chi connectivity index (χ2v) is 17.8. The number of carbonyl (C=O) groups excluding carboxylic acids is 4. The first-order valence-electron chi connectivity index (χ1n) is 24.6. The van der Waals surface area contributed by atoms with Crippen molar-refractivity contribution in [1.82, 2.24) is 9.80 Å². The van der Waals surface area contributed by atoms with Gasteiger partial charge in [-0.1, -0.05) is 112 Å². The highest BCUT2D eigenvalue weighted by Gasteiger charge is 2.35. The molecule has 2 aliphatic heterocycles. The number of anilines is 2. The van der Waals surface area contributed by atoms with Gasteiger partial charge < -0.3 is 22.2 Å². The molecule has 72 heavy (non-hydrogen) atoms. The van der Waals surface area contributed by atoms with Gasteiger partial charge in [-0.05, 0) is 121 Å². The molecule has 0 saturated heterocycles. The lowest BCUT2D eigenvalue weighted by Gasteiger charge is -2.27. The number of hydrogen-bond acceptors (Lipinski definition) is 5. The van der Waals surface area contributed by atoms with Crippen molar-refractivity contribution in [2.24, 2.45) is 0 Å². The number of aryl methyl sites for hydroxylation is 2. The third-order valence-electron chi connectivity index (χ3n) is 13.1. The molecule has 2 heterocycles. The monoisotopic (exact) mass is 974 g/mol. The Morgan fingerprint density at radius 1 is 0.611 bits per heavy atom. The second kappa shape index (κ2) is 23.0. The van der Waals surface area contributed by atoms with E-state index in [0.717, 1.165) is 94.7 Å². The van der Waals surface area contributed by atoms with Crippen LogP contribution in [0.3, 0.4) is 0 Å². The van der Waals surface area contributed by atoms with Gasteiger partial charge in [0.2, 0.25) is 11.4 Å². The Bertz CT molecular complexity index is 3050. The molecule has 5 aromatic rings. The minimum absolute atomic E-state index is 0.274. The lowest BCUT2D eigenvalue weighted by atomic mass is 9.92. The molecule has 0 unspecified atom stereocenters. The number of hydrogen-bond donors (Lipinski definition) is 0. The minimum atomic E-state index is -6.00. The molecule has 0 N–H and O–H groups in total. The van der Waals surface area contributed by atoms with Crippen LogP contribution >= 0.6 is 0 Å². The van der Waals surface area contributed by atoms with Gasteiger partial charge >= 0.3 is 7.25 Å². The van der Waals surface area contributed by atoms with Crippen molar-refractivity contribution < 1.29 is 41.0 Å². The van der Waals surface area contributed by atoms with Crippen molar-refractivity contribution in [3.63, 3.8) is 0 Å². The standard InChI is InChI=1S/C59H59N4O4.BF4/c1-7-11-16-40-22-26-42(27-23-40)48(43-30-32-45(33-31-43)62(9-3)46-34-36-51-53(38-46)58(66)60(5)56(51)64)19-15-20-49(44-28-24-41(25-29-44)17-12-8-2)50-18-13-14-21-55(50)63(10-4)47-35-37-52-54(39-47)59(67)61(6)57(52)65;2-1(3,4)5/h13-15,18-39H,7-12,16-17H2,1-6H3;/q+1;-1. The number of amides is 4. The van der Waals surface area contributed by atoms with Crippen LogP contribution < -0.4 is 4.90 Å². The van der Waals surface area contributed by atoms with Crippen molar-refractivity contribution in [3.05, 3.63) is 207 Å². The molecule has 5 aromatic carbocycles. The van der Waals surface area contributed by atoms with Gasteiger partial charge in [-0.2, -0.15) is 4.58 Å². The number of benzene rings is 5. The van der Waals surface area contributed by atoms with Crippen molar-refractivity contribution in [2.75, 3.05) is 32.1 Å². The SMILES string of the molecule is CCCCc1ccc(C(=CC=CC(=C2C=CC(=[N+](CC)c3ccc4c(c3)C(=O)N(C)C4=O)C=C2)c2ccc(CCCC)cc2)c2ccccc2N(CC)c2ccc3c(c2)C(=O)N(C)C3=O)cc1.F[B-](F)(F)F. The second-order valence-electron chi connectivity index (χ2n) is 17.8. The van der Waals surface area contributed by atoms with E-state index in [-0.39, 0.29) is 23.6 Å². The molecule has 0 bridgehead atoms. The lowest BCUT2D eigenvalue weighted by molar-refractivity contribution is -0.434. The molecule has 0 radical (unpaired) electrons. The summed E-state index contributed by atoms with van der Waals surface area (Å²) in [6.07, 6.45) is 21.7. The van der Waals surface area contributed by atoms with E-state index < -0.39 is 7.25 Å². The summed E-state index contributed by atoms with van der Waals surface area (Å²) in [5.74, 6) is -1.12. The van der Waals surface area contributed by atoms with E-state index in [1.165, 1.54) is 35.0 Å². The average Bonchev–Trinajstić information content (AvgIpc) is 3.73. The predicted octanol–water partition coefficient (Wildman–Crippen LogP) is 13.7. The summed E-state index contributed by atoms with van der Waals surface area (Å²) in [6, 6.07) is 37.3. The first-order chi connectivity index (χ1) is 34.6. The molecular weight excluding hydrogens is 915 g/mol. The molecule has 0 fully saturated rings. The third kappa shape index (κ3) is 11.7. The van der Waals surface area contributed by atoms with Gasteiger partial charge in [0, 0.05) is 61.9 Å². The Morgan fingerprint density at radius 3 is 1.67 bits per heavy atom. The Morgan fingerprint density at radius 2 is 1.12 bits per heavy atom. The van der Waals surface area contributed by atoms with Crippen LogP contribution in [-0.4, -0.2) is 78.2 Å². The number of imide groups is 2. The predicted molar refractivity (Wildman–Crippen MR) is 282 cm³/mol. The van der Waals surface area contributed by atoms with Crippen LogP contribution in [-0.2, 0) is 12.8 Å². The fourth-order valence-electron chi connectivity index (χ4n) is 9.20. The maximum atomic E-state index is 13.1. The molecule has 8 nitrogen and oxygen atoms in total. The van der Waals surface area contributed by atoms with E-state index in [4.69, 9.17) is 0 Å². The number of nitrogens with zero attached hydrogens (tertiary/aromatic N) is 4. The Labute approximate surface area is 419 Å². The Kier molecular flexibility index (Phi) is 16.7. The largest absolute Gasteiger partial charge is 0.673 e. The summed E-state index contributed by atoms with van der Waals surface area (Å²) in [5, 5.41) is 0. The van der Waals surface area contributed by atoms with Gasteiger partial charge in [0.1, 0.15) is 6.54 Å². The number of fused-ring (bicyclic) bond motifs is 2. The fourth-order valence-corrected chi connectivity index (χ4v) is 9.20. The minimum Gasteiger partial charge on any atom is -0.418 e. The van der Waals surface area contributed by atoms with Crippen molar-refractivity contribution in [3.8, 4) is 0 Å². The maximum Gasteiger partial charge on any atom is 0.673 e. The zero-order chi connectivity index (χ0) is 51.7. The molecule has 13 heteroatoms. The zero-order valence-electron chi connectivity index (χ0n) is 41.6. The molecule has 0 saturated carbocycles. The quantitative estimate of drug-likeness (QED) is 0.0323. The molecule has 0 aromatic heterocycles. The van der Waals surface area contributed by atoms with Gasteiger partial charge in [-0.15, -0.1) is 0 Å². The van der Waals surface area contributed by atoms with E-state index in [9.17, 15) is 36.4 Å². The zero-order valence-corrected chi connectivity index (χ0v) is 41.6. The van der Waals surface area contributed by atoms with Crippen LogP contribution in [0, 0.1) is 0 Å². The van der Waals surface area contributed by atoms with Crippen LogP contribution in [0.15, 0.2) is 157 Å². The summed E-state index contributed by atoms with van der Waals surface area (Å²) in [4.78, 5) is 56.0. The molecule has 0 atom stereocenters. The Balaban J connectivity index is 0.00000145. The summed E-state index contributed by atoms with van der Waals surface area (Å²) in [7, 11) is -2.95. The van der Waals surface area contributed by atoms with Crippen LogP contribution in [0.25, 0.3) is 11.1 Å². The topological polar surface area (TPSA) is 81.0 Å². The van der Waals surface area contributed by atoms with Crippen molar-refractivity contribution in [1.29, 1.82) is 0 Å². The number of unbranched alkanes of at least 4 members (excludes halogenated alkanes) is 2.